The van der Waals surface area contributed by atoms with E-state index in [-0.39, 0.29) is 29.6 Å². The lowest BCUT2D eigenvalue weighted by Crippen LogP contribution is -2.31. The van der Waals surface area contributed by atoms with E-state index >= 15 is 0 Å². The normalized spacial score (nSPS) is 15.4. The Kier molecular flexibility index (Phi) is 7.00. The van der Waals surface area contributed by atoms with Gasteiger partial charge < -0.3 is 10.5 Å². The predicted octanol–water partition coefficient (Wildman–Crippen LogP) is 4.39. The molecule has 172 valence electrons. The molecule has 1 saturated heterocycles. The Morgan fingerprint density at radius 1 is 1.00 bits per heavy atom. The van der Waals surface area contributed by atoms with E-state index in [1.54, 1.807) is 42.5 Å². The Hall–Kier alpha value is -3.62. The number of esters is 1. The zero-order valence-corrected chi connectivity index (χ0v) is 19.3. The van der Waals surface area contributed by atoms with Crippen LogP contribution in [0.25, 0.3) is 0 Å². The molecule has 9 heteroatoms. The van der Waals surface area contributed by atoms with E-state index in [9.17, 15) is 19.2 Å². The van der Waals surface area contributed by atoms with Crippen molar-refractivity contribution >= 4 is 58.3 Å². The average Bonchev–Trinajstić information content (AvgIpc) is 3.10. The van der Waals surface area contributed by atoms with E-state index < -0.39 is 17.8 Å². The minimum atomic E-state index is -0.692. The van der Waals surface area contributed by atoms with Gasteiger partial charge in [0.1, 0.15) is 0 Å². The summed E-state index contributed by atoms with van der Waals surface area (Å²) in [7, 11) is 0. The van der Waals surface area contributed by atoms with Crippen LogP contribution in [0, 0.1) is 0 Å². The third-order valence-electron chi connectivity index (χ3n) is 5.10. The number of Topliss-reactive ketones (excluding diaryl/α,β-unsaturated/α-hetero) is 1. The Bertz CT molecular complexity index is 1260. The van der Waals surface area contributed by atoms with Crippen LogP contribution in [-0.4, -0.2) is 35.4 Å². The first-order chi connectivity index (χ1) is 16.3. The van der Waals surface area contributed by atoms with Crippen molar-refractivity contribution in [2.45, 2.75) is 16.6 Å². The summed E-state index contributed by atoms with van der Waals surface area (Å²) in [5.74, 6) is -1.71. The molecule has 0 aliphatic carbocycles. The van der Waals surface area contributed by atoms with Crippen molar-refractivity contribution in [1.29, 1.82) is 0 Å². The second-order valence-electron chi connectivity index (χ2n) is 7.50. The Morgan fingerprint density at radius 3 is 2.35 bits per heavy atom. The minimum Gasteiger partial charge on any atom is -0.454 e. The lowest BCUT2D eigenvalue weighted by molar-refractivity contribution is -0.121. The maximum atomic E-state index is 12.9. The largest absolute Gasteiger partial charge is 0.454 e. The highest BCUT2D eigenvalue weighted by atomic mass is 35.5. The molecule has 1 atom stereocenters. The molecule has 0 radical (unpaired) electrons. The zero-order chi connectivity index (χ0) is 24.2. The third kappa shape index (κ3) is 5.30. The fourth-order valence-electron chi connectivity index (χ4n) is 3.40. The molecule has 7 nitrogen and oxygen atoms in total. The second-order valence-corrected chi connectivity index (χ2v) is 9.22. The number of ether oxygens (including phenoxy) is 1. The summed E-state index contributed by atoms with van der Waals surface area (Å²) in [6.07, 6.45) is 0.0644. The van der Waals surface area contributed by atoms with Gasteiger partial charge in [-0.2, -0.15) is 0 Å². The van der Waals surface area contributed by atoms with Crippen molar-refractivity contribution in [3.63, 3.8) is 0 Å². The van der Waals surface area contributed by atoms with Gasteiger partial charge in [-0.25, -0.2) is 9.69 Å². The lowest BCUT2D eigenvalue weighted by atomic mass is 10.1. The monoisotopic (exact) mass is 494 g/mol. The first kappa shape index (κ1) is 23.5. The molecule has 4 rings (SSSR count). The van der Waals surface area contributed by atoms with Gasteiger partial charge in [0, 0.05) is 27.6 Å². The number of benzene rings is 3. The van der Waals surface area contributed by atoms with Crippen molar-refractivity contribution in [2.75, 3.05) is 17.2 Å². The fourth-order valence-corrected chi connectivity index (χ4v) is 4.65. The average molecular weight is 495 g/mol. The number of nitrogen functional groups attached to an aromatic ring is 1. The summed E-state index contributed by atoms with van der Waals surface area (Å²) in [6, 6.07) is 19.3. The first-order valence-corrected chi connectivity index (χ1v) is 11.5. The van der Waals surface area contributed by atoms with Gasteiger partial charge in [-0.05, 0) is 66.7 Å². The highest BCUT2D eigenvalue weighted by Gasteiger charge is 2.40. The first-order valence-electron chi connectivity index (χ1n) is 10.3. The molecule has 0 aromatic heterocycles. The molecule has 0 spiro atoms. The highest BCUT2D eigenvalue weighted by Crippen LogP contribution is 2.34. The molecule has 2 amide bonds. The van der Waals surface area contributed by atoms with Crippen LogP contribution < -0.4 is 10.6 Å². The topological polar surface area (TPSA) is 107 Å². The van der Waals surface area contributed by atoms with Gasteiger partial charge in [0.2, 0.25) is 11.8 Å². The summed E-state index contributed by atoms with van der Waals surface area (Å²) in [6.45, 7) is -0.422. The predicted molar refractivity (Wildman–Crippen MR) is 130 cm³/mol. The van der Waals surface area contributed by atoms with Crippen LogP contribution in [0.5, 0.6) is 0 Å². The molecule has 1 unspecified atom stereocenters. The van der Waals surface area contributed by atoms with Crippen LogP contribution in [-0.2, 0) is 14.3 Å². The van der Waals surface area contributed by atoms with Crippen LogP contribution in [0.4, 0.5) is 11.4 Å². The Balaban J connectivity index is 1.38. The van der Waals surface area contributed by atoms with Gasteiger partial charge in [-0.1, -0.05) is 17.7 Å². The number of amides is 2. The number of rotatable bonds is 7. The minimum absolute atomic E-state index is 0.0644. The number of nitrogens with zero attached hydrogens (tertiary/aromatic N) is 1. The van der Waals surface area contributed by atoms with Gasteiger partial charge in [0.25, 0.3) is 0 Å². The second kappa shape index (κ2) is 10.1. The van der Waals surface area contributed by atoms with E-state index in [1.807, 2.05) is 6.07 Å². The standard InChI is InChI=1S/C25H19ClN2O5S/c26-17-8-4-15(5-9-17)21(29)14-33-25(32)16-6-10-19(11-7-16)28-23(30)13-22(24(28)31)34-20-3-1-2-18(27)12-20/h1-12,22H,13-14,27H2. The molecule has 1 fully saturated rings. The maximum Gasteiger partial charge on any atom is 0.338 e. The number of carbonyl (C=O) groups is 4. The molecule has 0 bridgehead atoms. The molecule has 3 aromatic rings. The molecule has 1 heterocycles. The summed E-state index contributed by atoms with van der Waals surface area (Å²) < 4.78 is 5.09. The van der Waals surface area contributed by atoms with E-state index in [0.29, 0.717) is 22.0 Å². The molecular formula is C25H19ClN2O5S. The smallest absolute Gasteiger partial charge is 0.338 e. The van der Waals surface area contributed by atoms with Crippen molar-refractivity contribution < 1.29 is 23.9 Å². The van der Waals surface area contributed by atoms with Gasteiger partial charge in [0.05, 0.1) is 16.5 Å². The lowest BCUT2D eigenvalue weighted by Gasteiger charge is -2.15. The molecule has 1 aliphatic rings. The van der Waals surface area contributed by atoms with Crippen molar-refractivity contribution in [3.05, 3.63) is 88.9 Å². The van der Waals surface area contributed by atoms with E-state index in [4.69, 9.17) is 22.1 Å². The van der Waals surface area contributed by atoms with Gasteiger partial charge >= 0.3 is 5.97 Å². The Labute approximate surface area is 204 Å². The quantitative estimate of drug-likeness (QED) is 0.225. The number of anilines is 2. The van der Waals surface area contributed by atoms with E-state index in [2.05, 4.69) is 0 Å². The van der Waals surface area contributed by atoms with Crippen molar-refractivity contribution in [3.8, 4) is 0 Å². The zero-order valence-electron chi connectivity index (χ0n) is 17.8. The van der Waals surface area contributed by atoms with E-state index in [0.717, 1.165) is 9.80 Å². The molecule has 34 heavy (non-hydrogen) atoms. The summed E-state index contributed by atoms with van der Waals surface area (Å²) >= 11 is 7.09. The Morgan fingerprint density at radius 2 is 1.68 bits per heavy atom. The van der Waals surface area contributed by atoms with Crippen LogP contribution in [0.2, 0.25) is 5.02 Å². The van der Waals surface area contributed by atoms with Crippen molar-refractivity contribution in [1.82, 2.24) is 0 Å². The summed E-state index contributed by atoms with van der Waals surface area (Å²) in [5.41, 5.74) is 7.30. The number of thioether (sulfide) groups is 1. The van der Waals surface area contributed by atoms with Gasteiger partial charge in [-0.15, -0.1) is 11.8 Å². The highest BCUT2D eigenvalue weighted by molar-refractivity contribution is 8.00. The van der Waals surface area contributed by atoms with Crippen LogP contribution in [0.3, 0.4) is 0 Å². The van der Waals surface area contributed by atoms with Gasteiger partial charge in [0.15, 0.2) is 12.4 Å². The van der Waals surface area contributed by atoms with Crippen LogP contribution >= 0.6 is 23.4 Å². The number of hydrogen-bond donors (Lipinski definition) is 1. The number of nitrogens with two attached hydrogens (primary N) is 1. The third-order valence-corrected chi connectivity index (χ3v) is 6.53. The van der Waals surface area contributed by atoms with Gasteiger partial charge in [-0.3, -0.25) is 14.4 Å². The van der Waals surface area contributed by atoms with Crippen LogP contribution in [0.1, 0.15) is 27.1 Å². The molecule has 1 aliphatic heterocycles. The van der Waals surface area contributed by atoms with Crippen molar-refractivity contribution in [2.24, 2.45) is 0 Å². The van der Waals surface area contributed by atoms with Crippen LogP contribution in [0.15, 0.2) is 77.7 Å². The SMILES string of the molecule is Nc1cccc(SC2CC(=O)N(c3ccc(C(=O)OCC(=O)c4ccc(Cl)cc4)cc3)C2=O)c1. The van der Waals surface area contributed by atoms with E-state index in [1.165, 1.54) is 36.0 Å². The summed E-state index contributed by atoms with van der Waals surface area (Å²) in [4.78, 5) is 51.8. The number of imide groups is 1. The number of ketones is 1. The molecule has 0 saturated carbocycles. The number of hydrogen-bond acceptors (Lipinski definition) is 7. The maximum absolute atomic E-state index is 12.9. The number of halogens is 1. The molecule has 2 N–H and O–H groups in total. The fraction of sp³-hybridized carbons (Fsp3) is 0.120. The summed E-state index contributed by atoms with van der Waals surface area (Å²) in [5, 5.41) is -0.0592. The molecule has 3 aromatic carbocycles. The molecular weight excluding hydrogens is 476 g/mol. The number of carbonyl (C=O) groups excluding carboxylic acids is 4.